The fraction of sp³-hybridized carbons (Fsp3) is 0.235. The molecule has 1 fully saturated rings. The second-order valence-electron chi connectivity index (χ2n) is 5.06. The summed E-state index contributed by atoms with van der Waals surface area (Å²) in [5.41, 5.74) is 2.94. The van der Waals surface area contributed by atoms with Crippen LogP contribution in [0, 0.1) is 3.57 Å². The van der Waals surface area contributed by atoms with Crippen LogP contribution in [0.2, 0.25) is 0 Å². The van der Waals surface area contributed by atoms with Crippen molar-refractivity contribution in [3.63, 3.8) is 0 Å². The van der Waals surface area contributed by atoms with Crippen LogP contribution < -0.4 is 0 Å². The predicted octanol–water partition coefficient (Wildman–Crippen LogP) is 4.79. The first-order chi connectivity index (χ1) is 9.25. The first kappa shape index (κ1) is 12.9. The largest absolute Gasteiger partial charge is 0.289 e. The molecular formula is C17H15IO. The molecule has 0 bridgehead atoms. The summed E-state index contributed by atoms with van der Waals surface area (Å²) in [4.78, 5) is 12.5. The normalized spacial score (nSPS) is 15.0. The van der Waals surface area contributed by atoms with Crippen molar-refractivity contribution in [2.24, 2.45) is 0 Å². The molecule has 1 nitrogen and oxygen atoms in total. The van der Waals surface area contributed by atoms with Crippen molar-refractivity contribution in [2.45, 2.75) is 25.2 Å². The molecule has 0 radical (unpaired) electrons. The maximum Gasteiger partial charge on any atom is 0.194 e. The first-order valence-corrected chi connectivity index (χ1v) is 7.73. The molecule has 1 aliphatic rings. The van der Waals surface area contributed by atoms with Gasteiger partial charge in [0.2, 0.25) is 0 Å². The number of hydrogen-bond donors (Lipinski definition) is 0. The van der Waals surface area contributed by atoms with Crippen LogP contribution in [-0.4, -0.2) is 5.78 Å². The van der Waals surface area contributed by atoms with E-state index in [0.29, 0.717) is 5.92 Å². The van der Waals surface area contributed by atoms with Gasteiger partial charge in [-0.1, -0.05) is 36.8 Å². The van der Waals surface area contributed by atoms with E-state index in [2.05, 4.69) is 34.7 Å². The number of carbonyl (C=O) groups is 1. The van der Waals surface area contributed by atoms with Crippen LogP contribution in [0.25, 0.3) is 0 Å². The number of hydrogen-bond acceptors (Lipinski definition) is 1. The molecule has 2 heteroatoms. The maximum atomic E-state index is 12.5. The van der Waals surface area contributed by atoms with E-state index < -0.39 is 0 Å². The third-order valence-corrected chi connectivity index (χ3v) is 4.78. The highest BCUT2D eigenvalue weighted by Crippen LogP contribution is 2.36. The maximum absolute atomic E-state index is 12.5. The zero-order valence-electron chi connectivity index (χ0n) is 10.6. The lowest BCUT2D eigenvalue weighted by molar-refractivity contribution is 0.103. The molecule has 0 heterocycles. The molecule has 3 rings (SSSR count). The SMILES string of the molecule is O=C(c1cccc(C2CCC2)c1)c1ccccc1I. The smallest absolute Gasteiger partial charge is 0.194 e. The Morgan fingerprint density at radius 2 is 1.84 bits per heavy atom. The van der Waals surface area contributed by atoms with E-state index >= 15 is 0 Å². The van der Waals surface area contributed by atoms with Crippen LogP contribution in [0.4, 0.5) is 0 Å². The lowest BCUT2D eigenvalue weighted by Gasteiger charge is -2.26. The Bertz CT molecular complexity index is 614. The van der Waals surface area contributed by atoms with Gasteiger partial charge in [0.15, 0.2) is 5.78 Å². The van der Waals surface area contributed by atoms with E-state index in [4.69, 9.17) is 0 Å². The number of halogens is 1. The number of rotatable bonds is 3. The van der Waals surface area contributed by atoms with Crippen molar-refractivity contribution >= 4 is 28.4 Å². The fourth-order valence-electron chi connectivity index (χ4n) is 2.48. The van der Waals surface area contributed by atoms with Crippen LogP contribution >= 0.6 is 22.6 Å². The van der Waals surface area contributed by atoms with Crippen molar-refractivity contribution < 1.29 is 4.79 Å². The van der Waals surface area contributed by atoms with Crippen molar-refractivity contribution in [3.05, 3.63) is 68.8 Å². The Kier molecular flexibility index (Phi) is 3.69. The summed E-state index contributed by atoms with van der Waals surface area (Å²) < 4.78 is 1.01. The summed E-state index contributed by atoms with van der Waals surface area (Å²) in [6.45, 7) is 0. The first-order valence-electron chi connectivity index (χ1n) is 6.65. The van der Waals surface area contributed by atoms with Gasteiger partial charge >= 0.3 is 0 Å². The second kappa shape index (κ2) is 5.45. The van der Waals surface area contributed by atoms with Gasteiger partial charge in [0.05, 0.1) is 0 Å². The summed E-state index contributed by atoms with van der Waals surface area (Å²) in [7, 11) is 0. The van der Waals surface area contributed by atoms with Gasteiger partial charge in [-0.05, 0) is 65.1 Å². The van der Waals surface area contributed by atoms with E-state index in [0.717, 1.165) is 14.7 Å². The summed E-state index contributed by atoms with van der Waals surface area (Å²) in [5.74, 6) is 0.800. The molecule has 0 atom stereocenters. The highest BCUT2D eigenvalue weighted by Gasteiger charge is 2.20. The van der Waals surface area contributed by atoms with Gasteiger partial charge in [-0.3, -0.25) is 4.79 Å². The standard InChI is InChI=1S/C17H15IO/c18-16-10-2-1-9-15(16)17(19)14-8-4-7-13(11-14)12-5-3-6-12/h1-2,4,7-12H,3,5-6H2. The zero-order chi connectivity index (χ0) is 13.2. The molecule has 0 aromatic heterocycles. The van der Waals surface area contributed by atoms with Crippen molar-refractivity contribution in [1.82, 2.24) is 0 Å². The van der Waals surface area contributed by atoms with E-state index in [1.54, 1.807) is 0 Å². The van der Waals surface area contributed by atoms with Gasteiger partial charge in [0.1, 0.15) is 0 Å². The molecular weight excluding hydrogens is 347 g/mol. The van der Waals surface area contributed by atoms with E-state index in [1.807, 2.05) is 36.4 Å². The number of carbonyl (C=O) groups excluding carboxylic acids is 1. The number of benzene rings is 2. The van der Waals surface area contributed by atoms with Crippen LogP contribution in [0.15, 0.2) is 48.5 Å². The van der Waals surface area contributed by atoms with Crippen LogP contribution in [0.5, 0.6) is 0 Å². The Morgan fingerprint density at radius 3 is 2.53 bits per heavy atom. The number of ketones is 1. The minimum Gasteiger partial charge on any atom is -0.289 e. The Balaban J connectivity index is 1.93. The van der Waals surface area contributed by atoms with E-state index in [9.17, 15) is 4.79 Å². The average Bonchev–Trinajstić information content (AvgIpc) is 2.37. The van der Waals surface area contributed by atoms with Gasteiger partial charge in [0, 0.05) is 14.7 Å². The Labute approximate surface area is 127 Å². The molecule has 2 aromatic rings. The predicted molar refractivity (Wildman–Crippen MR) is 85.6 cm³/mol. The second-order valence-corrected chi connectivity index (χ2v) is 6.22. The summed E-state index contributed by atoms with van der Waals surface area (Å²) in [6, 6.07) is 15.9. The molecule has 0 N–H and O–H groups in total. The molecule has 0 unspecified atom stereocenters. The third-order valence-electron chi connectivity index (χ3n) is 3.84. The Morgan fingerprint density at radius 1 is 1.05 bits per heavy atom. The Hall–Kier alpha value is -1.16. The summed E-state index contributed by atoms with van der Waals surface area (Å²) in [5, 5.41) is 0. The van der Waals surface area contributed by atoms with Gasteiger partial charge in [0.25, 0.3) is 0 Å². The van der Waals surface area contributed by atoms with Gasteiger partial charge in [-0.15, -0.1) is 0 Å². The molecule has 0 saturated heterocycles. The van der Waals surface area contributed by atoms with Gasteiger partial charge < -0.3 is 0 Å². The van der Waals surface area contributed by atoms with Crippen LogP contribution in [0.3, 0.4) is 0 Å². The molecule has 1 saturated carbocycles. The monoisotopic (exact) mass is 362 g/mol. The molecule has 96 valence electrons. The van der Waals surface area contributed by atoms with Gasteiger partial charge in [-0.25, -0.2) is 0 Å². The molecule has 0 amide bonds. The molecule has 19 heavy (non-hydrogen) atoms. The van der Waals surface area contributed by atoms with Crippen molar-refractivity contribution in [3.8, 4) is 0 Å². The van der Waals surface area contributed by atoms with Crippen LogP contribution in [0.1, 0.15) is 46.7 Å². The molecule has 1 aliphatic carbocycles. The minimum absolute atomic E-state index is 0.131. The molecule has 0 spiro atoms. The van der Waals surface area contributed by atoms with Crippen molar-refractivity contribution in [2.75, 3.05) is 0 Å². The molecule has 0 aliphatic heterocycles. The zero-order valence-corrected chi connectivity index (χ0v) is 12.8. The fourth-order valence-corrected chi connectivity index (χ4v) is 3.11. The average molecular weight is 362 g/mol. The summed E-state index contributed by atoms with van der Waals surface area (Å²) >= 11 is 2.22. The van der Waals surface area contributed by atoms with E-state index in [-0.39, 0.29) is 5.78 Å². The van der Waals surface area contributed by atoms with E-state index in [1.165, 1.54) is 24.8 Å². The third kappa shape index (κ3) is 2.59. The van der Waals surface area contributed by atoms with Crippen LogP contribution in [-0.2, 0) is 0 Å². The lowest BCUT2D eigenvalue weighted by Crippen LogP contribution is -2.10. The van der Waals surface area contributed by atoms with Crippen molar-refractivity contribution in [1.29, 1.82) is 0 Å². The minimum atomic E-state index is 0.131. The quantitative estimate of drug-likeness (QED) is 0.567. The van der Waals surface area contributed by atoms with Gasteiger partial charge in [-0.2, -0.15) is 0 Å². The highest BCUT2D eigenvalue weighted by atomic mass is 127. The summed E-state index contributed by atoms with van der Waals surface area (Å²) in [6.07, 6.45) is 3.85. The highest BCUT2D eigenvalue weighted by molar-refractivity contribution is 14.1. The topological polar surface area (TPSA) is 17.1 Å². The lowest BCUT2D eigenvalue weighted by atomic mass is 9.79. The molecule has 2 aromatic carbocycles.